The van der Waals surface area contributed by atoms with Crippen LogP contribution in [0.3, 0.4) is 0 Å². The molecule has 0 aliphatic rings. The maximum absolute atomic E-state index is 12.3. The van der Waals surface area contributed by atoms with E-state index in [1.165, 1.54) is 0 Å². The second-order valence-electron chi connectivity index (χ2n) is 6.58. The van der Waals surface area contributed by atoms with Crippen LogP contribution in [-0.2, 0) is 6.54 Å². The Kier molecular flexibility index (Phi) is 4.80. The van der Waals surface area contributed by atoms with Gasteiger partial charge < -0.3 is 15.4 Å². The summed E-state index contributed by atoms with van der Waals surface area (Å²) >= 11 is 0. The Hall–Kier alpha value is -3.61. The van der Waals surface area contributed by atoms with Crippen LogP contribution < -0.4 is 15.4 Å². The van der Waals surface area contributed by atoms with Gasteiger partial charge in [-0.3, -0.25) is 4.40 Å². The van der Waals surface area contributed by atoms with Crippen molar-refractivity contribution in [2.45, 2.75) is 19.5 Å². The highest BCUT2D eigenvalue weighted by Crippen LogP contribution is 2.21. The van der Waals surface area contributed by atoms with Gasteiger partial charge in [-0.05, 0) is 53.6 Å². The van der Waals surface area contributed by atoms with Crippen molar-refractivity contribution in [1.82, 2.24) is 25.2 Å². The monoisotopic (exact) mass is 375 g/mol. The van der Waals surface area contributed by atoms with Gasteiger partial charge >= 0.3 is 6.03 Å². The third-order valence-corrected chi connectivity index (χ3v) is 4.64. The molecule has 4 rings (SSSR count). The lowest BCUT2D eigenvalue weighted by molar-refractivity contribution is 0.237. The average Bonchev–Trinajstić information content (AvgIpc) is 3.16. The largest absolute Gasteiger partial charge is 0.497 e. The van der Waals surface area contributed by atoms with E-state index < -0.39 is 0 Å². The Morgan fingerprint density at radius 2 is 1.93 bits per heavy atom. The van der Waals surface area contributed by atoms with Crippen LogP contribution in [0.5, 0.6) is 5.75 Å². The molecule has 0 spiro atoms. The molecule has 0 aliphatic carbocycles. The fourth-order valence-electron chi connectivity index (χ4n) is 3.16. The molecular formula is C21H21N5O2. The molecule has 1 atom stereocenters. The molecule has 2 aromatic heterocycles. The van der Waals surface area contributed by atoms with Gasteiger partial charge in [-0.1, -0.05) is 24.3 Å². The number of methoxy groups -OCH3 is 1. The van der Waals surface area contributed by atoms with Crippen LogP contribution in [0.15, 0.2) is 60.8 Å². The molecule has 2 heterocycles. The van der Waals surface area contributed by atoms with Crippen LogP contribution in [0.1, 0.15) is 24.4 Å². The predicted molar refractivity (Wildman–Crippen MR) is 107 cm³/mol. The number of benzene rings is 2. The molecule has 0 bridgehead atoms. The topological polar surface area (TPSA) is 80.5 Å². The Morgan fingerprint density at radius 1 is 1.11 bits per heavy atom. The number of aromatic nitrogens is 3. The van der Waals surface area contributed by atoms with Crippen molar-refractivity contribution < 1.29 is 9.53 Å². The molecule has 28 heavy (non-hydrogen) atoms. The number of pyridine rings is 1. The van der Waals surface area contributed by atoms with Crippen molar-refractivity contribution in [2.75, 3.05) is 7.11 Å². The highest BCUT2D eigenvalue weighted by molar-refractivity contribution is 5.84. The number of rotatable bonds is 5. The highest BCUT2D eigenvalue weighted by atomic mass is 16.5. The average molecular weight is 375 g/mol. The van der Waals surface area contributed by atoms with Gasteiger partial charge in [-0.25, -0.2) is 4.79 Å². The van der Waals surface area contributed by atoms with E-state index in [9.17, 15) is 4.79 Å². The third-order valence-electron chi connectivity index (χ3n) is 4.64. The standard InChI is InChI=1S/C21H21N5O2/c1-14(20-25-24-19-5-3-4-10-26(19)20)23-21(27)22-13-15-6-7-17-12-18(28-2)9-8-16(17)11-15/h3-12,14H,13H2,1-2H3,(H2,22,23,27)/t14-/m0/s1. The van der Waals surface area contributed by atoms with E-state index in [2.05, 4.69) is 26.9 Å². The number of nitrogens with one attached hydrogen (secondary N) is 2. The van der Waals surface area contributed by atoms with E-state index in [0.717, 1.165) is 27.7 Å². The van der Waals surface area contributed by atoms with Gasteiger partial charge in [0.1, 0.15) is 5.75 Å². The van der Waals surface area contributed by atoms with Crippen LogP contribution in [0.25, 0.3) is 16.4 Å². The summed E-state index contributed by atoms with van der Waals surface area (Å²) in [5, 5.41) is 16.3. The molecule has 7 nitrogen and oxygen atoms in total. The molecule has 2 aromatic carbocycles. The molecule has 0 fully saturated rings. The Morgan fingerprint density at radius 3 is 2.79 bits per heavy atom. The lowest BCUT2D eigenvalue weighted by Crippen LogP contribution is -2.37. The van der Waals surface area contributed by atoms with Crippen molar-refractivity contribution in [1.29, 1.82) is 0 Å². The quantitative estimate of drug-likeness (QED) is 0.560. The van der Waals surface area contributed by atoms with E-state index in [1.54, 1.807) is 7.11 Å². The van der Waals surface area contributed by atoms with Crippen molar-refractivity contribution in [2.24, 2.45) is 0 Å². The van der Waals surface area contributed by atoms with Gasteiger partial charge in [0.25, 0.3) is 0 Å². The summed E-state index contributed by atoms with van der Waals surface area (Å²) in [6.45, 7) is 2.31. The molecule has 0 saturated carbocycles. The van der Waals surface area contributed by atoms with E-state index in [0.29, 0.717) is 12.4 Å². The summed E-state index contributed by atoms with van der Waals surface area (Å²) < 4.78 is 7.11. The number of urea groups is 1. The summed E-state index contributed by atoms with van der Waals surface area (Å²) in [5.41, 5.74) is 1.77. The summed E-state index contributed by atoms with van der Waals surface area (Å²) in [6, 6.07) is 17.2. The summed E-state index contributed by atoms with van der Waals surface area (Å²) in [4.78, 5) is 12.3. The zero-order chi connectivity index (χ0) is 19.5. The lowest BCUT2D eigenvalue weighted by Gasteiger charge is -2.13. The number of carbonyl (C=O) groups excluding carboxylic acids is 1. The minimum absolute atomic E-state index is 0.255. The van der Waals surface area contributed by atoms with Gasteiger partial charge in [0, 0.05) is 12.7 Å². The van der Waals surface area contributed by atoms with Gasteiger partial charge in [0.2, 0.25) is 0 Å². The van der Waals surface area contributed by atoms with E-state index >= 15 is 0 Å². The van der Waals surface area contributed by atoms with Crippen LogP contribution in [0, 0.1) is 0 Å². The molecule has 2 amide bonds. The minimum atomic E-state index is -0.276. The van der Waals surface area contributed by atoms with Crippen LogP contribution in [0.2, 0.25) is 0 Å². The van der Waals surface area contributed by atoms with Crippen molar-refractivity contribution in [3.8, 4) is 5.75 Å². The zero-order valence-electron chi connectivity index (χ0n) is 15.7. The molecule has 4 aromatic rings. The Labute approximate surface area is 162 Å². The van der Waals surface area contributed by atoms with E-state index in [4.69, 9.17) is 4.74 Å². The Balaban J connectivity index is 1.39. The lowest BCUT2D eigenvalue weighted by atomic mass is 10.1. The fraction of sp³-hybridized carbons (Fsp3) is 0.190. The zero-order valence-corrected chi connectivity index (χ0v) is 15.7. The number of amides is 2. The number of hydrogen-bond acceptors (Lipinski definition) is 4. The van der Waals surface area contributed by atoms with Crippen LogP contribution in [0.4, 0.5) is 4.79 Å². The molecule has 0 unspecified atom stereocenters. The van der Waals surface area contributed by atoms with Gasteiger partial charge in [-0.15, -0.1) is 10.2 Å². The molecule has 0 aliphatic heterocycles. The molecule has 0 radical (unpaired) electrons. The molecule has 7 heteroatoms. The maximum Gasteiger partial charge on any atom is 0.315 e. The first-order valence-corrected chi connectivity index (χ1v) is 9.05. The predicted octanol–water partition coefficient (Wildman–Crippen LogP) is 3.45. The minimum Gasteiger partial charge on any atom is -0.497 e. The van der Waals surface area contributed by atoms with Gasteiger partial charge in [-0.2, -0.15) is 0 Å². The number of hydrogen-bond donors (Lipinski definition) is 2. The normalized spacial score (nSPS) is 12.1. The van der Waals surface area contributed by atoms with E-state index in [1.807, 2.05) is 66.1 Å². The Bertz CT molecular complexity index is 1140. The van der Waals surface area contributed by atoms with Crippen LogP contribution in [-0.4, -0.2) is 27.7 Å². The summed E-state index contributed by atoms with van der Waals surface area (Å²) in [5.74, 6) is 1.51. The maximum atomic E-state index is 12.3. The fourth-order valence-corrected chi connectivity index (χ4v) is 3.16. The molecular weight excluding hydrogens is 354 g/mol. The van der Waals surface area contributed by atoms with Crippen molar-refractivity contribution in [3.05, 3.63) is 72.2 Å². The number of ether oxygens (including phenoxy) is 1. The first-order chi connectivity index (χ1) is 13.6. The van der Waals surface area contributed by atoms with Crippen molar-refractivity contribution >= 4 is 22.5 Å². The highest BCUT2D eigenvalue weighted by Gasteiger charge is 2.15. The smallest absolute Gasteiger partial charge is 0.315 e. The first kappa shape index (κ1) is 17.8. The molecule has 0 saturated heterocycles. The second kappa shape index (κ2) is 7.56. The summed E-state index contributed by atoms with van der Waals surface area (Å²) in [6.07, 6.45) is 1.88. The van der Waals surface area contributed by atoms with Gasteiger partial charge in [0.05, 0.1) is 13.2 Å². The number of fused-ring (bicyclic) bond motifs is 2. The third kappa shape index (κ3) is 3.59. The second-order valence-corrected chi connectivity index (χ2v) is 6.58. The number of carbonyl (C=O) groups is 1. The number of nitrogens with zero attached hydrogens (tertiary/aromatic N) is 3. The molecule has 142 valence electrons. The molecule has 2 N–H and O–H groups in total. The summed E-state index contributed by atoms with van der Waals surface area (Å²) in [7, 11) is 1.65. The van der Waals surface area contributed by atoms with Gasteiger partial charge in [0.15, 0.2) is 11.5 Å². The van der Waals surface area contributed by atoms with Crippen LogP contribution >= 0.6 is 0 Å². The van der Waals surface area contributed by atoms with E-state index in [-0.39, 0.29) is 12.1 Å². The SMILES string of the molecule is COc1ccc2cc(CNC(=O)N[C@@H](C)c3nnc4ccccn34)ccc2c1. The van der Waals surface area contributed by atoms with Crippen molar-refractivity contribution in [3.63, 3.8) is 0 Å². The first-order valence-electron chi connectivity index (χ1n) is 9.05.